The Morgan fingerprint density at radius 2 is 1.90 bits per heavy atom. The van der Waals surface area contributed by atoms with Crippen LogP contribution in [0.5, 0.6) is 6.01 Å². The summed E-state index contributed by atoms with van der Waals surface area (Å²) in [6.45, 7) is 11.9. The summed E-state index contributed by atoms with van der Waals surface area (Å²) >= 11 is 0. The van der Waals surface area contributed by atoms with Gasteiger partial charge in [-0.15, -0.1) is 6.58 Å². The van der Waals surface area contributed by atoms with Gasteiger partial charge in [-0.05, 0) is 70.5 Å². The molecule has 5 heterocycles. The summed E-state index contributed by atoms with van der Waals surface area (Å²) in [7, 11) is 0. The minimum Gasteiger partial charge on any atom is -0.459 e. The van der Waals surface area contributed by atoms with Gasteiger partial charge in [0.05, 0.1) is 24.2 Å². The Balaban J connectivity index is 1.32. The molecule has 0 bridgehead atoms. The Bertz CT molecular complexity index is 2040. The van der Waals surface area contributed by atoms with Crippen molar-refractivity contribution in [3.8, 4) is 6.01 Å². The Morgan fingerprint density at radius 3 is 2.68 bits per heavy atom. The van der Waals surface area contributed by atoms with Crippen LogP contribution in [0, 0.1) is 5.92 Å². The number of imidazole rings is 1. The average molecular weight is 689 g/mol. The Kier molecular flexibility index (Phi) is 8.97. The number of carbonyl (C=O) groups excluding carboxylic acids is 1. The number of halogens is 2. The molecule has 13 heteroatoms. The second-order valence-electron chi connectivity index (χ2n) is 14.1. The molecule has 5 aromatic rings. The van der Waals surface area contributed by atoms with Gasteiger partial charge in [-0.3, -0.25) is 4.57 Å². The molecule has 2 aliphatic heterocycles. The maximum Gasteiger partial charge on any atom is 0.329 e. The van der Waals surface area contributed by atoms with Crippen LogP contribution in [0.15, 0.2) is 65.6 Å². The summed E-state index contributed by atoms with van der Waals surface area (Å²) in [6.07, 6.45) is 1.91. The van der Waals surface area contributed by atoms with Gasteiger partial charge in [-0.2, -0.15) is 13.8 Å². The van der Waals surface area contributed by atoms with Crippen LogP contribution in [-0.4, -0.2) is 76.1 Å². The van der Waals surface area contributed by atoms with Crippen molar-refractivity contribution in [3.05, 3.63) is 67.0 Å². The number of rotatable bonds is 10. The first-order chi connectivity index (χ1) is 23.9. The molecule has 0 aliphatic carbocycles. The van der Waals surface area contributed by atoms with Gasteiger partial charge in [0.15, 0.2) is 11.4 Å². The second-order valence-corrected chi connectivity index (χ2v) is 14.1. The zero-order valence-corrected chi connectivity index (χ0v) is 28.7. The maximum atomic E-state index is 15.7. The van der Waals surface area contributed by atoms with Gasteiger partial charge in [-0.25, -0.2) is 14.8 Å². The van der Waals surface area contributed by atoms with Crippen molar-refractivity contribution in [2.75, 3.05) is 37.7 Å². The zero-order valence-electron chi connectivity index (χ0n) is 28.7. The molecule has 7 rings (SSSR count). The predicted octanol–water partition coefficient (Wildman–Crippen LogP) is 6.56. The molecule has 0 amide bonds. The second kappa shape index (κ2) is 13.3. The van der Waals surface area contributed by atoms with Crippen molar-refractivity contribution in [2.24, 2.45) is 5.92 Å². The van der Waals surface area contributed by atoms with Gasteiger partial charge in [0.25, 0.3) is 6.01 Å². The first-order valence-corrected chi connectivity index (χ1v) is 17.0. The van der Waals surface area contributed by atoms with Crippen LogP contribution in [0.2, 0.25) is 0 Å². The monoisotopic (exact) mass is 688 g/mol. The van der Waals surface area contributed by atoms with Gasteiger partial charge in [0.1, 0.15) is 35.5 Å². The minimum atomic E-state index is -3.56. The Hall–Kier alpha value is -4.62. The Morgan fingerprint density at radius 1 is 1.12 bits per heavy atom. The van der Waals surface area contributed by atoms with E-state index in [9.17, 15) is 4.79 Å². The zero-order chi connectivity index (χ0) is 35.2. The molecule has 11 nitrogen and oxygen atoms in total. The summed E-state index contributed by atoms with van der Waals surface area (Å²) in [5, 5.41) is 4.00. The highest BCUT2D eigenvalue weighted by Crippen LogP contribution is 2.40. The third-order valence-corrected chi connectivity index (χ3v) is 9.17. The van der Waals surface area contributed by atoms with E-state index in [0.29, 0.717) is 22.9 Å². The number of hydrogen-bond donors (Lipinski definition) is 1. The molecule has 0 unspecified atom stereocenters. The number of aromatic nitrogens is 4. The summed E-state index contributed by atoms with van der Waals surface area (Å²) in [4.78, 5) is 29.2. The van der Waals surface area contributed by atoms with Crippen LogP contribution in [0.1, 0.15) is 52.4 Å². The number of piperidine rings is 1. The van der Waals surface area contributed by atoms with E-state index in [1.54, 1.807) is 49.9 Å². The number of fused-ring (bicyclic) bond motifs is 4. The van der Waals surface area contributed by atoms with Crippen LogP contribution in [0.4, 0.5) is 14.6 Å². The fraction of sp³-hybridized carbons (Fsp3) is 0.459. The molecule has 2 aromatic carbocycles. The highest BCUT2D eigenvalue weighted by atomic mass is 19.3. The number of anilines is 1. The predicted molar refractivity (Wildman–Crippen MR) is 186 cm³/mol. The topological polar surface area (TPSA) is 117 Å². The number of furan rings is 1. The smallest absolute Gasteiger partial charge is 0.329 e. The highest BCUT2D eigenvalue weighted by Gasteiger charge is 2.45. The lowest BCUT2D eigenvalue weighted by Crippen LogP contribution is -2.41. The van der Waals surface area contributed by atoms with E-state index < -0.39 is 42.1 Å². The van der Waals surface area contributed by atoms with Crippen molar-refractivity contribution in [3.63, 3.8) is 0 Å². The SMILES string of the molecule is C=CCOCC(F)(F)c1nc(N2C[C@@H](Oc3nc4ccccc4n3[C@H]3CCNC[C@@H]3C)C[C@H]2C(=O)OC(C)(C)C)c2oc3ccccc3c2n1. The van der Waals surface area contributed by atoms with E-state index in [1.165, 1.54) is 6.08 Å². The van der Waals surface area contributed by atoms with Gasteiger partial charge >= 0.3 is 11.9 Å². The van der Waals surface area contributed by atoms with Crippen molar-refractivity contribution in [2.45, 2.75) is 70.2 Å². The van der Waals surface area contributed by atoms with Crippen LogP contribution in [-0.2, 0) is 20.2 Å². The first-order valence-electron chi connectivity index (χ1n) is 17.0. The molecule has 1 N–H and O–H groups in total. The number of alkyl halides is 2. The molecule has 2 aliphatic rings. The van der Waals surface area contributed by atoms with E-state index in [4.69, 9.17) is 23.6 Å². The number of ether oxygens (including phenoxy) is 3. The normalized spacial score (nSPS) is 21.7. The molecule has 50 heavy (non-hydrogen) atoms. The number of benzene rings is 2. The fourth-order valence-electron chi connectivity index (χ4n) is 6.94. The van der Waals surface area contributed by atoms with Crippen LogP contribution < -0.4 is 15.0 Å². The molecule has 3 aromatic heterocycles. The molecule has 2 saturated heterocycles. The van der Waals surface area contributed by atoms with E-state index in [0.717, 1.165) is 30.5 Å². The van der Waals surface area contributed by atoms with E-state index in [1.807, 2.05) is 24.3 Å². The summed E-state index contributed by atoms with van der Waals surface area (Å²) in [6, 6.07) is 14.6. The molecule has 0 spiro atoms. The van der Waals surface area contributed by atoms with Crippen LogP contribution >= 0.6 is 0 Å². The summed E-state index contributed by atoms with van der Waals surface area (Å²) < 4.78 is 57.5. The van der Waals surface area contributed by atoms with Crippen molar-refractivity contribution >= 4 is 44.9 Å². The lowest BCUT2D eigenvalue weighted by atomic mass is 9.95. The number of hydrogen-bond acceptors (Lipinski definition) is 10. The minimum absolute atomic E-state index is 0.0482. The number of nitrogens with one attached hydrogen (secondary N) is 1. The first kappa shape index (κ1) is 33.9. The third kappa shape index (κ3) is 6.51. The van der Waals surface area contributed by atoms with Gasteiger partial charge in [0.2, 0.25) is 5.82 Å². The quantitative estimate of drug-likeness (QED) is 0.0983. The van der Waals surface area contributed by atoms with E-state index in [2.05, 4.69) is 33.4 Å². The molecule has 0 radical (unpaired) electrons. The van der Waals surface area contributed by atoms with Crippen LogP contribution in [0.25, 0.3) is 33.1 Å². The molecule has 0 saturated carbocycles. The highest BCUT2D eigenvalue weighted by molar-refractivity contribution is 6.06. The molecular weight excluding hydrogens is 646 g/mol. The van der Waals surface area contributed by atoms with E-state index in [-0.39, 0.29) is 42.5 Å². The van der Waals surface area contributed by atoms with Gasteiger partial charge in [-0.1, -0.05) is 37.3 Å². The summed E-state index contributed by atoms with van der Waals surface area (Å²) in [5.41, 5.74) is 1.80. The molecule has 264 valence electrons. The maximum absolute atomic E-state index is 15.7. The average Bonchev–Trinajstić information content (AvgIpc) is 3.77. The fourth-order valence-corrected chi connectivity index (χ4v) is 6.94. The number of carbonyl (C=O) groups is 1. The summed E-state index contributed by atoms with van der Waals surface area (Å²) in [5.74, 6) is -4.47. The van der Waals surface area contributed by atoms with Crippen molar-refractivity contribution < 1.29 is 32.2 Å². The van der Waals surface area contributed by atoms with Crippen LogP contribution in [0.3, 0.4) is 0 Å². The third-order valence-electron chi connectivity index (χ3n) is 9.17. The van der Waals surface area contributed by atoms with Crippen molar-refractivity contribution in [1.82, 2.24) is 24.8 Å². The molecule has 2 fully saturated rings. The number of para-hydroxylation sites is 3. The van der Waals surface area contributed by atoms with Crippen molar-refractivity contribution in [1.29, 1.82) is 0 Å². The number of esters is 1. The largest absolute Gasteiger partial charge is 0.459 e. The van der Waals surface area contributed by atoms with Gasteiger partial charge in [0, 0.05) is 17.8 Å². The standard InChI is InChI=1S/C37H42F2N6O5/c1-6-17-47-21-37(38,39)34-42-30-24-11-7-10-14-29(24)49-31(30)32(43-34)44-20-23(18-28(44)33(46)50-36(3,4)5)48-35-41-25-12-8-9-13-27(25)45(35)26-15-16-40-19-22(26)2/h6-14,22-23,26,28,40H,1,15-21H2,2-5H3/t22-,23-,26-,28-/m0/s1. The van der Waals surface area contributed by atoms with Gasteiger partial charge < -0.3 is 28.8 Å². The molecule has 4 atom stereocenters. The number of nitrogens with zero attached hydrogens (tertiary/aromatic N) is 5. The van der Waals surface area contributed by atoms with E-state index >= 15 is 8.78 Å². The molecular formula is C37H42F2N6O5. The Labute approximate surface area is 288 Å². The lowest BCUT2D eigenvalue weighted by Gasteiger charge is -2.32. The lowest BCUT2D eigenvalue weighted by molar-refractivity contribution is -0.156.